The average molecular weight is 273 g/mol. The van der Waals surface area contributed by atoms with E-state index in [0.717, 1.165) is 18.6 Å². The lowest BCUT2D eigenvalue weighted by Crippen LogP contribution is -2.40. The van der Waals surface area contributed by atoms with Crippen LogP contribution >= 0.6 is 0 Å². The lowest BCUT2D eigenvalue weighted by atomic mass is 9.74. The van der Waals surface area contributed by atoms with Crippen LogP contribution in [-0.2, 0) is 18.4 Å². The molecule has 2 aliphatic carbocycles. The number of benzene rings is 1. The smallest absolute Gasteiger partial charge is 0.124 e. The van der Waals surface area contributed by atoms with Gasteiger partial charge in [0.05, 0.1) is 7.11 Å². The highest BCUT2D eigenvalue weighted by Gasteiger charge is 2.35. The van der Waals surface area contributed by atoms with Crippen molar-refractivity contribution in [3.05, 3.63) is 28.8 Å². The zero-order chi connectivity index (χ0) is 14.0. The van der Waals surface area contributed by atoms with Crippen LogP contribution in [0, 0.1) is 0 Å². The van der Waals surface area contributed by atoms with Crippen LogP contribution in [0.5, 0.6) is 5.75 Å². The summed E-state index contributed by atoms with van der Waals surface area (Å²) in [5.74, 6) is 1.02. The summed E-state index contributed by atoms with van der Waals surface area (Å²) in [6.07, 6.45) is 12.4. The number of aryl methyl sites for hydroxylation is 1. The van der Waals surface area contributed by atoms with E-state index < -0.39 is 0 Å². The molecule has 0 unspecified atom stereocenters. The third-order valence-electron chi connectivity index (χ3n) is 5.21. The summed E-state index contributed by atoms with van der Waals surface area (Å²) in [5, 5.41) is 0. The molecule has 0 spiro atoms. The Morgan fingerprint density at radius 3 is 2.40 bits per heavy atom. The summed E-state index contributed by atoms with van der Waals surface area (Å²) in [6.45, 7) is 0. The second-order valence-electron chi connectivity index (χ2n) is 6.56. The fourth-order valence-corrected chi connectivity index (χ4v) is 4.13. The van der Waals surface area contributed by atoms with Crippen molar-refractivity contribution in [3.63, 3.8) is 0 Å². The lowest BCUT2D eigenvalue weighted by Gasteiger charge is -2.37. The zero-order valence-electron chi connectivity index (χ0n) is 12.7. The molecule has 0 heterocycles. The number of fused-ring (bicyclic) bond motifs is 1. The molecule has 0 amide bonds. The predicted molar refractivity (Wildman–Crippen MR) is 83.2 cm³/mol. The van der Waals surface area contributed by atoms with E-state index in [-0.39, 0.29) is 5.54 Å². The number of ether oxygens (including phenoxy) is 1. The summed E-state index contributed by atoms with van der Waals surface area (Å²) >= 11 is 0. The van der Waals surface area contributed by atoms with Gasteiger partial charge in [0.1, 0.15) is 5.75 Å². The Bertz CT molecular complexity index is 475. The van der Waals surface area contributed by atoms with Gasteiger partial charge in [-0.1, -0.05) is 31.7 Å². The minimum absolute atomic E-state index is 0.153. The van der Waals surface area contributed by atoms with E-state index in [9.17, 15) is 0 Å². The van der Waals surface area contributed by atoms with Crippen LogP contribution in [0.15, 0.2) is 12.1 Å². The number of methoxy groups -OCH3 is 1. The van der Waals surface area contributed by atoms with Gasteiger partial charge in [-0.2, -0.15) is 0 Å². The van der Waals surface area contributed by atoms with Gasteiger partial charge in [-0.05, 0) is 55.7 Å². The molecule has 1 fully saturated rings. The first-order chi connectivity index (χ1) is 9.74. The molecule has 0 saturated heterocycles. The van der Waals surface area contributed by atoms with Crippen LogP contribution < -0.4 is 10.5 Å². The van der Waals surface area contributed by atoms with Crippen molar-refractivity contribution >= 4 is 0 Å². The first kappa shape index (κ1) is 13.9. The van der Waals surface area contributed by atoms with Crippen LogP contribution in [0.2, 0.25) is 0 Å². The third kappa shape index (κ3) is 2.46. The summed E-state index contributed by atoms with van der Waals surface area (Å²) in [6, 6.07) is 4.43. The van der Waals surface area contributed by atoms with E-state index in [1.165, 1.54) is 68.1 Å². The molecule has 110 valence electrons. The molecule has 2 heteroatoms. The Hall–Kier alpha value is -1.02. The van der Waals surface area contributed by atoms with E-state index >= 15 is 0 Å². The molecule has 2 N–H and O–H groups in total. The predicted octanol–water partition coefficient (Wildman–Crippen LogP) is 4.08. The summed E-state index contributed by atoms with van der Waals surface area (Å²) in [7, 11) is 1.79. The summed E-state index contributed by atoms with van der Waals surface area (Å²) < 4.78 is 5.69. The van der Waals surface area contributed by atoms with Crippen molar-refractivity contribution in [1.82, 2.24) is 0 Å². The SMILES string of the molecule is COc1ccc2c(c1C1(N)CCCCC1)CCCCC2. The van der Waals surface area contributed by atoms with Gasteiger partial charge in [0.25, 0.3) is 0 Å². The summed E-state index contributed by atoms with van der Waals surface area (Å²) in [5.41, 5.74) is 11.1. The molecule has 0 aliphatic heterocycles. The van der Waals surface area contributed by atoms with E-state index in [4.69, 9.17) is 10.5 Å². The number of hydrogen-bond acceptors (Lipinski definition) is 2. The standard InChI is InChI=1S/C18H27NO/c1-20-16-11-10-14-8-4-2-5-9-15(14)17(16)18(19)12-6-3-7-13-18/h10-11H,2-9,12-13,19H2,1H3. The van der Waals surface area contributed by atoms with E-state index in [1.807, 2.05) is 0 Å². The molecule has 2 aliphatic rings. The van der Waals surface area contributed by atoms with Crippen LogP contribution in [0.3, 0.4) is 0 Å². The monoisotopic (exact) mass is 273 g/mol. The molecular weight excluding hydrogens is 246 g/mol. The summed E-state index contributed by atoms with van der Waals surface area (Å²) in [4.78, 5) is 0. The first-order valence-electron chi connectivity index (χ1n) is 8.23. The van der Waals surface area contributed by atoms with Gasteiger partial charge in [-0.15, -0.1) is 0 Å². The Morgan fingerprint density at radius 2 is 1.65 bits per heavy atom. The maximum atomic E-state index is 6.85. The Kier molecular flexibility index (Phi) is 4.02. The second-order valence-corrected chi connectivity index (χ2v) is 6.56. The van der Waals surface area contributed by atoms with Crippen molar-refractivity contribution in [2.75, 3.05) is 7.11 Å². The molecule has 20 heavy (non-hydrogen) atoms. The molecular formula is C18H27NO. The van der Waals surface area contributed by atoms with Crippen molar-refractivity contribution in [2.24, 2.45) is 5.73 Å². The molecule has 1 aromatic rings. The minimum Gasteiger partial charge on any atom is -0.496 e. The fraction of sp³-hybridized carbons (Fsp3) is 0.667. The van der Waals surface area contributed by atoms with Gasteiger partial charge in [-0.25, -0.2) is 0 Å². The van der Waals surface area contributed by atoms with Crippen LogP contribution in [-0.4, -0.2) is 7.11 Å². The van der Waals surface area contributed by atoms with Gasteiger partial charge in [-0.3, -0.25) is 0 Å². The number of rotatable bonds is 2. The Balaban J connectivity index is 2.11. The van der Waals surface area contributed by atoms with Crippen molar-refractivity contribution in [1.29, 1.82) is 0 Å². The van der Waals surface area contributed by atoms with Crippen molar-refractivity contribution in [3.8, 4) is 5.75 Å². The highest BCUT2D eigenvalue weighted by atomic mass is 16.5. The van der Waals surface area contributed by atoms with Gasteiger partial charge >= 0.3 is 0 Å². The third-order valence-corrected chi connectivity index (χ3v) is 5.21. The molecule has 2 nitrogen and oxygen atoms in total. The van der Waals surface area contributed by atoms with Crippen molar-refractivity contribution < 1.29 is 4.74 Å². The quantitative estimate of drug-likeness (QED) is 0.824. The van der Waals surface area contributed by atoms with Crippen LogP contribution in [0.1, 0.15) is 68.1 Å². The molecule has 0 atom stereocenters. The van der Waals surface area contributed by atoms with E-state index in [2.05, 4.69) is 12.1 Å². The van der Waals surface area contributed by atoms with Crippen LogP contribution in [0.25, 0.3) is 0 Å². The normalized spacial score (nSPS) is 21.9. The average Bonchev–Trinajstić information content (AvgIpc) is 2.71. The van der Waals surface area contributed by atoms with Gasteiger partial charge in [0.15, 0.2) is 0 Å². The maximum absolute atomic E-state index is 6.85. The van der Waals surface area contributed by atoms with E-state index in [0.29, 0.717) is 0 Å². The molecule has 0 radical (unpaired) electrons. The Labute approximate surface area is 122 Å². The zero-order valence-corrected chi connectivity index (χ0v) is 12.7. The van der Waals surface area contributed by atoms with Crippen LogP contribution in [0.4, 0.5) is 0 Å². The van der Waals surface area contributed by atoms with Gasteiger partial charge < -0.3 is 10.5 Å². The topological polar surface area (TPSA) is 35.2 Å². The lowest BCUT2D eigenvalue weighted by molar-refractivity contribution is 0.286. The van der Waals surface area contributed by atoms with E-state index in [1.54, 1.807) is 7.11 Å². The highest BCUT2D eigenvalue weighted by molar-refractivity contribution is 5.50. The molecule has 1 saturated carbocycles. The highest BCUT2D eigenvalue weighted by Crippen LogP contribution is 2.43. The largest absolute Gasteiger partial charge is 0.496 e. The maximum Gasteiger partial charge on any atom is 0.124 e. The Morgan fingerprint density at radius 1 is 0.950 bits per heavy atom. The minimum atomic E-state index is -0.153. The first-order valence-corrected chi connectivity index (χ1v) is 8.23. The van der Waals surface area contributed by atoms with Crippen molar-refractivity contribution in [2.45, 2.75) is 69.7 Å². The molecule has 0 aromatic heterocycles. The molecule has 3 rings (SSSR count). The fourth-order valence-electron chi connectivity index (χ4n) is 4.13. The van der Waals surface area contributed by atoms with Gasteiger partial charge in [0.2, 0.25) is 0 Å². The van der Waals surface area contributed by atoms with Gasteiger partial charge in [0, 0.05) is 11.1 Å². The second kappa shape index (κ2) is 5.77. The molecule has 0 bridgehead atoms. The molecule has 1 aromatic carbocycles. The number of nitrogens with two attached hydrogens (primary N) is 1. The number of hydrogen-bond donors (Lipinski definition) is 1.